The number of thiophene rings is 2. The Morgan fingerprint density at radius 1 is 1.30 bits per heavy atom. The van der Waals surface area contributed by atoms with Crippen molar-refractivity contribution in [1.29, 1.82) is 0 Å². The fourth-order valence-corrected chi connectivity index (χ4v) is 5.49. The molecule has 4 nitrogen and oxygen atoms in total. The second kappa shape index (κ2) is 7.15. The number of hydrogen-bond donors (Lipinski definition) is 2. The standard InChI is InChI=1S/C12H15BrN2O2S3/c1-14-6-4-9-2-3-12(19-9)20(16,17)15-8-11-10(13)5-7-18-11/h2-3,5,7,14-15H,4,6,8H2,1H3. The minimum absolute atomic E-state index is 0.310. The zero-order chi connectivity index (χ0) is 14.6. The van der Waals surface area contributed by atoms with Crippen LogP contribution in [0.1, 0.15) is 9.75 Å². The number of halogens is 1. The lowest BCUT2D eigenvalue weighted by molar-refractivity contribution is 0.584. The van der Waals surface area contributed by atoms with E-state index in [9.17, 15) is 8.42 Å². The summed E-state index contributed by atoms with van der Waals surface area (Å²) >= 11 is 6.24. The monoisotopic (exact) mass is 394 g/mol. The maximum absolute atomic E-state index is 12.2. The van der Waals surface area contributed by atoms with Crippen molar-refractivity contribution in [3.8, 4) is 0 Å². The van der Waals surface area contributed by atoms with Crippen LogP contribution in [-0.4, -0.2) is 22.0 Å². The summed E-state index contributed by atoms with van der Waals surface area (Å²) in [6, 6.07) is 5.45. The van der Waals surface area contributed by atoms with Gasteiger partial charge in [-0.15, -0.1) is 22.7 Å². The zero-order valence-corrected chi connectivity index (χ0v) is 14.9. The molecular weight excluding hydrogens is 380 g/mol. The van der Waals surface area contributed by atoms with E-state index in [1.807, 2.05) is 24.6 Å². The number of sulfonamides is 1. The summed E-state index contributed by atoms with van der Waals surface area (Å²) in [5.41, 5.74) is 0. The summed E-state index contributed by atoms with van der Waals surface area (Å²) in [7, 11) is -1.54. The molecule has 0 unspecified atom stereocenters. The largest absolute Gasteiger partial charge is 0.319 e. The molecule has 0 atom stereocenters. The van der Waals surface area contributed by atoms with Crippen LogP contribution >= 0.6 is 38.6 Å². The van der Waals surface area contributed by atoms with Gasteiger partial charge in [0.2, 0.25) is 10.0 Å². The molecule has 2 N–H and O–H groups in total. The predicted molar refractivity (Wildman–Crippen MR) is 88.0 cm³/mol. The van der Waals surface area contributed by atoms with Gasteiger partial charge >= 0.3 is 0 Å². The first-order valence-corrected chi connectivity index (χ1v) is 9.95. The Morgan fingerprint density at radius 2 is 2.10 bits per heavy atom. The van der Waals surface area contributed by atoms with Gasteiger partial charge in [-0.1, -0.05) is 0 Å². The maximum Gasteiger partial charge on any atom is 0.250 e. The van der Waals surface area contributed by atoms with Crippen LogP contribution < -0.4 is 10.0 Å². The van der Waals surface area contributed by atoms with Crippen molar-refractivity contribution < 1.29 is 8.42 Å². The summed E-state index contributed by atoms with van der Waals surface area (Å²) in [4.78, 5) is 2.04. The molecule has 0 spiro atoms. The van der Waals surface area contributed by atoms with Crippen LogP contribution in [0.2, 0.25) is 0 Å². The quantitative estimate of drug-likeness (QED) is 0.758. The van der Waals surface area contributed by atoms with E-state index in [2.05, 4.69) is 26.0 Å². The van der Waals surface area contributed by atoms with Crippen LogP contribution in [0.4, 0.5) is 0 Å². The topological polar surface area (TPSA) is 58.2 Å². The van der Waals surface area contributed by atoms with Crippen LogP contribution in [-0.2, 0) is 23.0 Å². The molecule has 0 radical (unpaired) electrons. The average Bonchev–Trinajstić information content (AvgIpc) is 3.03. The molecule has 0 fully saturated rings. The number of rotatable bonds is 7. The minimum Gasteiger partial charge on any atom is -0.319 e. The van der Waals surface area contributed by atoms with Gasteiger partial charge in [0.1, 0.15) is 4.21 Å². The third kappa shape index (κ3) is 4.12. The highest BCUT2D eigenvalue weighted by Crippen LogP contribution is 2.25. The molecule has 110 valence electrons. The summed E-state index contributed by atoms with van der Waals surface area (Å²) in [5, 5.41) is 4.98. The van der Waals surface area contributed by atoms with Gasteiger partial charge in [0.05, 0.1) is 0 Å². The van der Waals surface area contributed by atoms with Crippen LogP contribution in [0.15, 0.2) is 32.3 Å². The third-order valence-electron chi connectivity index (χ3n) is 2.64. The van der Waals surface area contributed by atoms with E-state index in [0.29, 0.717) is 10.8 Å². The third-order valence-corrected chi connectivity index (χ3v) is 7.60. The number of hydrogen-bond acceptors (Lipinski definition) is 5. The highest BCUT2D eigenvalue weighted by Gasteiger charge is 2.17. The molecule has 0 saturated heterocycles. The highest BCUT2D eigenvalue weighted by molar-refractivity contribution is 9.10. The molecule has 2 rings (SSSR count). The van der Waals surface area contributed by atoms with Gasteiger partial charge in [0.15, 0.2) is 0 Å². The summed E-state index contributed by atoms with van der Waals surface area (Å²) < 4.78 is 28.3. The second-order valence-electron chi connectivity index (χ2n) is 4.09. The normalized spacial score (nSPS) is 11.9. The lowest BCUT2D eigenvalue weighted by atomic mass is 10.3. The Morgan fingerprint density at radius 3 is 2.75 bits per heavy atom. The Bertz CT molecular complexity index is 664. The van der Waals surface area contributed by atoms with E-state index in [1.165, 1.54) is 22.7 Å². The summed E-state index contributed by atoms with van der Waals surface area (Å²) in [6.45, 7) is 1.15. The van der Waals surface area contributed by atoms with Gasteiger partial charge in [-0.2, -0.15) is 0 Å². The van der Waals surface area contributed by atoms with Crippen LogP contribution in [0.5, 0.6) is 0 Å². The molecule has 0 saturated carbocycles. The summed E-state index contributed by atoms with van der Waals surface area (Å²) in [5.74, 6) is 0. The van der Waals surface area contributed by atoms with Crippen LogP contribution in [0.3, 0.4) is 0 Å². The smallest absolute Gasteiger partial charge is 0.250 e. The molecule has 8 heteroatoms. The van der Waals surface area contributed by atoms with Gasteiger partial charge < -0.3 is 5.32 Å². The Kier molecular flexibility index (Phi) is 5.76. The SMILES string of the molecule is CNCCc1ccc(S(=O)(=O)NCc2sccc2Br)s1. The average molecular weight is 395 g/mol. The first-order chi connectivity index (χ1) is 9.53. The van der Waals surface area contributed by atoms with E-state index in [1.54, 1.807) is 6.07 Å². The minimum atomic E-state index is -3.42. The maximum atomic E-state index is 12.2. The Hall–Kier alpha value is -0.250. The Labute approximate surface area is 135 Å². The van der Waals surface area contributed by atoms with E-state index in [-0.39, 0.29) is 0 Å². The molecule has 2 aromatic rings. The van der Waals surface area contributed by atoms with Crippen LogP contribution in [0.25, 0.3) is 0 Å². The van der Waals surface area contributed by atoms with Gasteiger partial charge in [-0.25, -0.2) is 13.1 Å². The highest BCUT2D eigenvalue weighted by atomic mass is 79.9. The van der Waals surface area contributed by atoms with Crippen molar-refractivity contribution in [2.75, 3.05) is 13.6 Å². The van der Waals surface area contributed by atoms with Crippen molar-refractivity contribution in [2.24, 2.45) is 0 Å². The molecule has 0 aliphatic heterocycles. The van der Waals surface area contributed by atoms with Gasteiger partial charge in [0, 0.05) is 20.8 Å². The zero-order valence-electron chi connectivity index (χ0n) is 10.8. The first-order valence-electron chi connectivity index (χ1n) is 5.98. The fourth-order valence-electron chi connectivity index (χ4n) is 1.57. The van der Waals surface area contributed by atoms with Crippen molar-refractivity contribution in [2.45, 2.75) is 17.2 Å². The molecule has 0 aromatic carbocycles. The molecular formula is C12H15BrN2O2S3. The van der Waals surface area contributed by atoms with Crippen molar-refractivity contribution >= 4 is 48.6 Å². The lowest BCUT2D eigenvalue weighted by Gasteiger charge is -2.03. The molecule has 20 heavy (non-hydrogen) atoms. The Balaban J connectivity index is 2.03. The van der Waals surface area contributed by atoms with Crippen molar-refractivity contribution in [3.05, 3.63) is 37.8 Å². The summed E-state index contributed by atoms with van der Waals surface area (Å²) in [6.07, 6.45) is 0.840. The van der Waals surface area contributed by atoms with E-state index < -0.39 is 10.0 Å². The van der Waals surface area contributed by atoms with Crippen molar-refractivity contribution in [3.63, 3.8) is 0 Å². The molecule has 2 aromatic heterocycles. The van der Waals surface area contributed by atoms with E-state index >= 15 is 0 Å². The fraction of sp³-hybridized carbons (Fsp3) is 0.333. The molecule has 0 aliphatic rings. The molecule has 0 amide bonds. The van der Waals surface area contributed by atoms with Gasteiger partial charge in [-0.3, -0.25) is 0 Å². The number of nitrogens with one attached hydrogen (secondary N) is 2. The predicted octanol–water partition coefficient (Wildman–Crippen LogP) is 2.81. The number of likely N-dealkylation sites (N-methyl/N-ethyl adjacent to an activating group) is 1. The molecule has 0 aliphatic carbocycles. The lowest BCUT2D eigenvalue weighted by Crippen LogP contribution is -2.22. The molecule has 0 bridgehead atoms. The van der Waals surface area contributed by atoms with Crippen LogP contribution in [0, 0.1) is 0 Å². The first kappa shape index (κ1) is 16.1. The van der Waals surface area contributed by atoms with Gasteiger partial charge in [-0.05, 0) is 59.5 Å². The van der Waals surface area contributed by atoms with E-state index in [0.717, 1.165) is 27.2 Å². The second-order valence-corrected chi connectivity index (χ2v) is 9.11. The van der Waals surface area contributed by atoms with Crippen molar-refractivity contribution in [1.82, 2.24) is 10.0 Å². The van der Waals surface area contributed by atoms with Gasteiger partial charge in [0.25, 0.3) is 0 Å². The molecule has 2 heterocycles. The van der Waals surface area contributed by atoms with E-state index in [4.69, 9.17) is 0 Å².